The number of amides is 2. The maximum Gasteiger partial charge on any atom is 0.240 e. The van der Waals surface area contributed by atoms with Gasteiger partial charge in [-0.1, -0.05) is 54.2 Å². The number of fused-ring (bicyclic) bond motifs is 1. The van der Waals surface area contributed by atoms with E-state index in [1.165, 1.54) is 11.8 Å². The Morgan fingerprint density at radius 2 is 2.08 bits per heavy atom. The number of nitrogens with one attached hydrogen (secondary N) is 2. The number of hydrogen-bond acceptors (Lipinski definition) is 4. The van der Waals surface area contributed by atoms with E-state index in [0.29, 0.717) is 11.7 Å². The van der Waals surface area contributed by atoms with Gasteiger partial charge in [-0.05, 0) is 11.5 Å². The third-order valence-corrected chi connectivity index (χ3v) is 4.69. The topological polar surface area (TPSA) is 70.6 Å². The molecular formula is C18H17N3O2S. The van der Waals surface area contributed by atoms with Crippen molar-refractivity contribution in [2.45, 2.75) is 11.7 Å². The van der Waals surface area contributed by atoms with Gasteiger partial charge in [0.25, 0.3) is 0 Å². The Balaban J connectivity index is 1.67. The lowest BCUT2D eigenvalue weighted by molar-refractivity contribution is -0.122. The van der Waals surface area contributed by atoms with Gasteiger partial charge in [0.1, 0.15) is 5.25 Å². The number of benzene rings is 2. The molecule has 1 heterocycles. The number of carbonyl (C=O) groups is 2. The number of rotatable bonds is 5. The number of nitrogens with zero attached hydrogens (tertiary/aromatic N) is 1. The Morgan fingerprint density at radius 1 is 1.29 bits per heavy atom. The van der Waals surface area contributed by atoms with Crippen LogP contribution in [0.1, 0.15) is 6.42 Å². The van der Waals surface area contributed by atoms with Crippen LogP contribution >= 0.6 is 11.8 Å². The minimum absolute atomic E-state index is 0.104. The summed E-state index contributed by atoms with van der Waals surface area (Å²) in [6, 6.07) is 13.6. The summed E-state index contributed by atoms with van der Waals surface area (Å²) in [4.78, 5) is 28.4. The Hall–Kier alpha value is -2.60. The quantitative estimate of drug-likeness (QED) is 0.823. The van der Waals surface area contributed by atoms with Crippen molar-refractivity contribution in [3.63, 3.8) is 0 Å². The first-order valence-electron chi connectivity index (χ1n) is 7.58. The predicted octanol–water partition coefficient (Wildman–Crippen LogP) is 2.94. The summed E-state index contributed by atoms with van der Waals surface area (Å²) in [5.41, 5.74) is 0.752. The number of thioether (sulfide) groups is 1. The van der Waals surface area contributed by atoms with Crippen molar-refractivity contribution in [1.82, 2.24) is 5.32 Å². The second-order valence-corrected chi connectivity index (χ2v) is 6.50. The van der Waals surface area contributed by atoms with Gasteiger partial charge in [0.05, 0.1) is 6.54 Å². The summed E-state index contributed by atoms with van der Waals surface area (Å²) < 4.78 is 0. The highest BCUT2D eigenvalue weighted by atomic mass is 32.2. The fourth-order valence-corrected chi connectivity index (χ4v) is 3.45. The maximum absolute atomic E-state index is 12.3. The molecule has 3 rings (SSSR count). The van der Waals surface area contributed by atoms with Crippen LogP contribution in [0, 0.1) is 0 Å². The molecule has 0 saturated carbocycles. The van der Waals surface area contributed by atoms with Crippen LogP contribution in [0.4, 0.5) is 5.69 Å². The second-order valence-electron chi connectivity index (χ2n) is 5.31. The lowest BCUT2D eigenvalue weighted by atomic mass is 10.1. The van der Waals surface area contributed by atoms with E-state index < -0.39 is 5.25 Å². The summed E-state index contributed by atoms with van der Waals surface area (Å²) in [5, 5.41) is 7.71. The smallest absolute Gasteiger partial charge is 0.240 e. The van der Waals surface area contributed by atoms with Crippen molar-refractivity contribution in [3.05, 3.63) is 55.1 Å². The zero-order valence-electron chi connectivity index (χ0n) is 13.0. The Bertz CT molecular complexity index is 827. The van der Waals surface area contributed by atoms with Crippen LogP contribution in [0.15, 0.2) is 60.1 Å². The van der Waals surface area contributed by atoms with E-state index in [0.717, 1.165) is 16.5 Å². The largest absolute Gasteiger partial charge is 0.325 e. The molecule has 0 radical (unpaired) electrons. The molecule has 0 spiro atoms. The zero-order chi connectivity index (χ0) is 16.9. The lowest BCUT2D eigenvalue weighted by Gasteiger charge is -2.10. The molecule has 0 bridgehead atoms. The lowest BCUT2D eigenvalue weighted by Crippen LogP contribution is -2.28. The van der Waals surface area contributed by atoms with Gasteiger partial charge in [0.15, 0.2) is 5.17 Å². The third-order valence-electron chi connectivity index (χ3n) is 3.57. The number of carbonyl (C=O) groups excluding carboxylic acids is 2. The molecule has 0 aliphatic carbocycles. The first-order valence-corrected chi connectivity index (χ1v) is 8.46. The monoisotopic (exact) mass is 339 g/mol. The van der Waals surface area contributed by atoms with Gasteiger partial charge in [-0.3, -0.25) is 14.6 Å². The average Bonchev–Trinajstić information content (AvgIpc) is 2.93. The summed E-state index contributed by atoms with van der Waals surface area (Å²) in [6.45, 7) is 4.03. The van der Waals surface area contributed by atoms with Crippen molar-refractivity contribution >= 4 is 45.2 Å². The van der Waals surface area contributed by atoms with Gasteiger partial charge in [-0.15, -0.1) is 6.58 Å². The fourth-order valence-electron chi connectivity index (χ4n) is 2.47. The summed E-state index contributed by atoms with van der Waals surface area (Å²) in [5.74, 6) is -0.375. The van der Waals surface area contributed by atoms with E-state index >= 15 is 0 Å². The van der Waals surface area contributed by atoms with E-state index in [9.17, 15) is 9.59 Å². The molecule has 2 aromatic rings. The molecule has 2 N–H and O–H groups in total. The Morgan fingerprint density at radius 3 is 2.92 bits per heavy atom. The molecule has 2 aromatic carbocycles. The number of hydrogen-bond donors (Lipinski definition) is 2. The molecule has 2 amide bonds. The van der Waals surface area contributed by atoms with Crippen LogP contribution in [-0.2, 0) is 9.59 Å². The molecular weight excluding hydrogens is 322 g/mol. The minimum Gasteiger partial charge on any atom is -0.325 e. The molecule has 1 unspecified atom stereocenters. The second kappa shape index (κ2) is 7.31. The Labute approximate surface area is 144 Å². The van der Waals surface area contributed by atoms with Gasteiger partial charge >= 0.3 is 0 Å². The van der Waals surface area contributed by atoms with Crippen LogP contribution in [0.3, 0.4) is 0 Å². The zero-order valence-corrected chi connectivity index (χ0v) is 13.8. The highest BCUT2D eigenvalue weighted by molar-refractivity contribution is 8.15. The van der Waals surface area contributed by atoms with Crippen molar-refractivity contribution in [1.29, 1.82) is 0 Å². The predicted molar refractivity (Wildman–Crippen MR) is 99.2 cm³/mol. The molecule has 6 heteroatoms. The van der Waals surface area contributed by atoms with Gasteiger partial charge in [-0.2, -0.15) is 0 Å². The normalized spacial score (nSPS) is 18.6. The van der Waals surface area contributed by atoms with Crippen LogP contribution in [0.25, 0.3) is 10.8 Å². The SMILES string of the molecule is C=CCN=C1NC(=O)C(CC(=O)Nc2cccc3ccccc23)S1. The highest BCUT2D eigenvalue weighted by Gasteiger charge is 2.31. The maximum atomic E-state index is 12.3. The van der Waals surface area contributed by atoms with Crippen LogP contribution < -0.4 is 10.6 Å². The standard InChI is InChI=1S/C18H17N3O2S/c1-2-10-19-18-21-17(23)15(24-18)11-16(22)20-14-9-5-7-12-6-3-4-8-13(12)14/h2-9,15H,1,10-11H2,(H,20,22)(H,19,21,23). The molecule has 1 saturated heterocycles. The van der Waals surface area contributed by atoms with Crippen molar-refractivity contribution < 1.29 is 9.59 Å². The molecule has 1 aliphatic rings. The van der Waals surface area contributed by atoms with E-state index in [2.05, 4.69) is 22.2 Å². The fraction of sp³-hybridized carbons (Fsp3) is 0.167. The van der Waals surface area contributed by atoms with Gasteiger partial charge < -0.3 is 10.6 Å². The first kappa shape index (κ1) is 16.3. The summed E-state index contributed by atoms with van der Waals surface area (Å²) >= 11 is 1.28. The van der Waals surface area contributed by atoms with Crippen LogP contribution in [-0.4, -0.2) is 28.8 Å². The van der Waals surface area contributed by atoms with Crippen molar-refractivity contribution in [2.75, 3.05) is 11.9 Å². The average molecular weight is 339 g/mol. The summed E-state index contributed by atoms with van der Waals surface area (Å²) in [6.07, 6.45) is 1.76. The van der Waals surface area contributed by atoms with E-state index in [1.807, 2.05) is 42.5 Å². The molecule has 24 heavy (non-hydrogen) atoms. The number of anilines is 1. The van der Waals surface area contributed by atoms with Crippen LogP contribution in [0.5, 0.6) is 0 Å². The van der Waals surface area contributed by atoms with Crippen molar-refractivity contribution in [2.24, 2.45) is 4.99 Å². The molecule has 0 aromatic heterocycles. The third kappa shape index (κ3) is 3.65. The minimum atomic E-state index is -0.455. The molecule has 1 aliphatic heterocycles. The van der Waals surface area contributed by atoms with Gasteiger partial charge in [0.2, 0.25) is 11.8 Å². The molecule has 1 atom stereocenters. The van der Waals surface area contributed by atoms with Crippen molar-refractivity contribution in [3.8, 4) is 0 Å². The van der Waals surface area contributed by atoms with E-state index in [-0.39, 0.29) is 18.2 Å². The first-order chi connectivity index (χ1) is 11.7. The number of amidine groups is 1. The Kier molecular flexibility index (Phi) is 4.96. The molecule has 1 fully saturated rings. The van der Waals surface area contributed by atoms with E-state index in [4.69, 9.17) is 0 Å². The highest BCUT2D eigenvalue weighted by Crippen LogP contribution is 2.25. The van der Waals surface area contributed by atoms with E-state index in [1.54, 1.807) is 6.08 Å². The molecule has 5 nitrogen and oxygen atoms in total. The van der Waals surface area contributed by atoms with Gasteiger partial charge in [0, 0.05) is 17.5 Å². The summed E-state index contributed by atoms with van der Waals surface area (Å²) in [7, 11) is 0. The van der Waals surface area contributed by atoms with Gasteiger partial charge in [-0.25, -0.2) is 0 Å². The molecule has 122 valence electrons. The number of aliphatic imine (C=N–C) groups is 1. The van der Waals surface area contributed by atoms with Crippen LogP contribution in [0.2, 0.25) is 0 Å².